The largest absolute Gasteiger partial charge is 0.444 e. The fourth-order valence-electron chi connectivity index (χ4n) is 5.39. The van der Waals surface area contributed by atoms with Gasteiger partial charge in [-0.3, -0.25) is 4.79 Å². The Morgan fingerprint density at radius 2 is 1.90 bits per heavy atom. The van der Waals surface area contributed by atoms with Crippen LogP contribution in [0.4, 0.5) is 28.0 Å². The first-order valence-corrected chi connectivity index (χ1v) is 13.0. The van der Waals surface area contributed by atoms with Gasteiger partial charge < -0.3 is 19.9 Å². The predicted octanol–water partition coefficient (Wildman–Crippen LogP) is 4.65. The molecule has 2 atom stereocenters. The molecule has 0 aliphatic carbocycles. The summed E-state index contributed by atoms with van der Waals surface area (Å²) < 4.78 is 60.7. The molecule has 3 aromatic rings. The Morgan fingerprint density at radius 1 is 1.15 bits per heavy atom. The Kier molecular flexibility index (Phi) is 7.09. The van der Waals surface area contributed by atoms with Gasteiger partial charge in [-0.2, -0.15) is 18.3 Å². The normalized spacial score (nSPS) is 19.6. The highest BCUT2D eigenvalue weighted by Crippen LogP contribution is 2.36. The molecule has 0 saturated carbocycles. The van der Waals surface area contributed by atoms with Crippen LogP contribution in [0.5, 0.6) is 0 Å². The van der Waals surface area contributed by atoms with Crippen LogP contribution in [0.15, 0.2) is 36.8 Å². The van der Waals surface area contributed by atoms with Gasteiger partial charge in [-0.25, -0.2) is 18.7 Å². The quantitative estimate of drug-likeness (QED) is 0.466. The number of halogens is 4. The summed E-state index contributed by atoms with van der Waals surface area (Å²) >= 11 is 0. The summed E-state index contributed by atoms with van der Waals surface area (Å²) in [7, 11) is 0. The van der Waals surface area contributed by atoms with Crippen molar-refractivity contribution in [2.24, 2.45) is 5.92 Å². The highest BCUT2D eigenvalue weighted by atomic mass is 19.4. The summed E-state index contributed by atoms with van der Waals surface area (Å²) in [5.74, 6) is -1.70. The minimum atomic E-state index is -4.84. The van der Waals surface area contributed by atoms with Gasteiger partial charge >= 0.3 is 12.3 Å². The van der Waals surface area contributed by atoms with E-state index in [9.17, 15) is 27.2 Å². The lowest BCUT2D eigenvalue weighted by molar-refractivity contribution is -0.140. The van der Waals surface area contributed by atoms with Crippen molar-refractivity contribution >= 4 is 23.3 Å². The molecule has 2 fully saturated rings. The summed E-state index contributed by atoms with van der Waals surface area (Å²) in [6.45, 7) is 6.83. The van der Waals surface area contributed by atoms with Gasteiger partial charge in [0.05, 0.1) is 22.9 Å². The highest BCUT2D eigenvalue weighted by molar-refractivity contribution is 5.96. The van der Waals surface area contributed by atoms with Crippen LogP contribution in [0, 0.1) is 11.7 Å². The molecule has 0 radical (unpaired) electrons. The first-order chi connectivity index (χ1) is 18.8. The second-order valence-corrected chi connectivity index (χ2v) is 11.1. The maximum Gasteiger partial charge on any atom is 0.419 e. The van der Waals surface area contributed by atoms with E-state index in [1.54, 1.807) is 11.0 Å². The van der Waals surface area contributed by atoms with Gasteiger partial charge in [-0.15, -0.1) is 0 Å². The van der Waals surface area contributed by atoms with Gasteiger partial charge in [-0.1, -0.05) is 12.1 Å². The fourth-order valence-corrected chi connectivity index (χ4v) is 5.39. The van der Waals surface area contributed by atoms with Crippen molar-refractivity contribution in [3.63, 3.8) is 0 Å². The molecule has 2 aromatic heterocycles. The van der Waals surface area contributed by atoms with Crippen molar-refractivity contribution in [3.8, 4) is 0 Å². The third kappa shape index (κ3) is 5.54. The number of alkyl halides is 3. The monoisotopic (exact) mass is 562 g/mol. The number of nitrogens with one attached hydrogen (secondary N) is 1. The first-order valence-electron chi connectivity index (χ1n) is 13.0. The molecule has 0 bridgehead atoms. The van der Waals surface area contributed by atoms with Gasteiger partial charge in [0.25, 0.3) is 5.91 Å². The molecule has 2 aliphatic rings. The van der Waals surface area contributed by atoms with E-state index in [-0.39, 0.29) is 23.3 Å². The number of pyridine rings is 1. The van der Waals surface area contributed by atoms with Crippen LogP contribution in [0.1, 0.15) is 55.1 Å². The first kappa shape index (κ1) is 27.7. The molecule has 40 heavy (non-hydrogen) atoms. The number of ether oxygens (including phenoxy) is 1. The van der Waals surface area contributed by atoms with Crippen LogP contribution in [0.2, 0.25) is 0 Å². The Bertz CT molecular complexity index is 1430. The molecule has 9 nitrogen and oxygen atoms in total. The van der Waals surface area contributed by atoms with Crippen LogP contribution >= 0.6 is 0 Å². The van der Waals surface area contributed by atoms with Crippen molar-refractivity contribution in [2.45, 2.75) is 58.0 Å². The molecule has 13 heteroatoms. The lowest BCUT2D eigenvalue weighted by Crippen LogP contribution is -2.51. The molecule has 4 heterocycles. The number of piperidine rings is 1. The number of fused-ring (bicyclic) bond motifs is 2. The summed E-state index contributed by atoms with van der Waals surface area (Å²) in [6.07, 6.45) is -0.679. The van der Waals surface area contributed by atoms with E-state index >= 15 is 0 Å². The van der Waals surface area contributed by atoms with Gasteiger partial charge in [0.2, 0.25) is 0 Å². The SMILES string of the molecule is CC(C)(C)OC(=O)N1CCC2CCN(c3cc(C(=O)NCc4cccc(C(F)(F)F)c4F)cn4ncnc34)CC21. The standard InChI is InChI=1S/C27H30F4N6O3/c1-26(2,3)40-25(39)36-10-8-16-7-9-35(14-21(16)36)20-11-18(13-37-23(20)33-15-34-37)24(38)32-12-17-5-4-6-19(22(17)28)27(29,30)31/h4-6,11,13,15-16,21H,7-10,12,14H2,1-3H3,(H,32,38). The van der Waals surface area contributed by atoms with Gasteiger partial charge in [0.1, 0.15) is 17.7 Å². The minimum absolute atomic E-state index is 0.0760. The fraction of sp³-hybridized carbons (Fsp3) is 0.481. The van der Waals surface area contributed by atoms with E-state index in [1.807, 2.05) is 20.8 Å². The van der Waals surface area contributed by atoms with Crippen LogP contribution < -0.4 is 10.2 Å². The molecule has 2 amide bonds. The molecule has 2 saturated heterocycles. The van der Waals surface area contributed by atoms with Crippen LogP contribution in [-0.4, -0.2) is 62.8 Å². The number of benzene rings is 1. The molecular weight excluding hydrogens is 532 g/mol. The van der Waals surface area contributed by atoms with Crippen LogP contribution in [-0.2, 0) is 17.5 Å². The van der Waals surface area contributed by atoms with Crippen molar-refractivity contribution in [2.75, 3.05) is 24.5 Å². The van der Waals surface area contributed by atoms with Crippen molar-refractivity contribution in [3.05, 3.63) is 59.3 Å². The van der Waals surface area contributed by atoms with Gasteiger partial charge in [0, 0.05) is 37.9 Å². The molecule has 2 unspecified atom stereocenters. The number of rotatable bonds is 4. The number of anilines is 1. The highest BCUT2D eigenvalue weighted by Gasteiger charge is 2.42. The number of likely N-dealkylation sites (tertiary alicyclic amines) is 1. The average Bonchev–Trinajstić information content (AvgIpc) is 3.52. The second kappa shape index (κ2) is 10.3. The topological polar surface area (TPSA) is 92.1 Å². The molecule has 214 valence electrons. The number of hydrogen-bond acceptors (Lipinski definition) is 6. The molecule has 1 N–H and O–H groups in total. The van der Waals surface area contributed by atoms with E-state index < -0.39 is 35.6 Å². The summed E-state index contributed by atoms with van der Waals surface area (Å²) in [5, 5.41) is 6.67. The number of aromatic nitrogens is 3. The third-order valence-corrected chi connectivity index (χ3v) is 7.27. The molecule has 2 aliphatic heterocycles. The molecular formula is C27H30F4N6O3. The number of hydrogen-bond donors (Lipinski definition) is 1. The predicted molar refractivity (Wildman–Crippen MR) is 137 cm³/mol. The van der Waals surface area contributed by atoms with E-state index in [0.29, 0.717) is 43.0 Å². The van der Waals surface area contributed by atoms with Gasteiger partial charge in [-0.05, 0) is 51.7 Å². The Labute approximate surface area is 228 Å². The molecule has 0 spiro atoms. The lowest BCUT2D eigenvalue weighted by Gasteiger charge is -2.39. The summed E-state index contributed by atoms with van der Waals surface area (Å²) in [6, 6.07) is 4.50. The smallest absolute Gasteiger partial charge is 0.419 e. The zero-order chi connectivity index (χ0) is 28.8. The van der Waals surface area contributed by atoms with Crippen molar-refractivity contribution < 1.29 is 31.9 Å². The third-order valence-electron chi connectivity index (χ3n) is 7.27. The van der Waals surface area contributed by atoms with Crippen molar-refractivity contribution in [1.82, 2.24) is 24.8 Å². The average molecular weight is 563 g/mol. The maximum atomic E-state index is 14.4. The number of nitrogens with zero attached hydrogens (tertiary/aromatic N) is 5. The maximum absolute atomic E-state index is 14.4. The Morgan fingerprint density at radius 3 is 2.62 bits per heavy atom. The Hall–Kier alpha value is -3.90. The zero-order valence-corrected chi connectivity index (χ0v) is 22.3. The van der Waals surface area contributed by atoms with E-state index in [2.05, 4.69) is 20.3 Å². The lowest BCUT2D eigenvalue weighted by atomic mass is 9.92. The van der Waals surface area contributed by atoms with E-state index in [0.717, 1.165) is 18.9 Å². The molecule has 5 rings (SSSR count). The number of amides is 2. The van der Waals surface area contributed by atoms with Crippen LogP contribution in [0.3, 0.4) is 0 Å². The van der Waals surface area contributed by atoms with Gasteiger partial charge in [0.15, 0.2) is 5.65 Å². The second-order valence-electron chi connectivity index (χ2n) is 11.1. The number of carbonyl (C=O) groups excluding carboxylic acids is 2. The molecule has 1 aromatic carbocycles. The summed E-state index contributed by atoms with van der Waals surface area (Å²) in [5.41, 5.74) is -0.962. The number of carbonyl (C=O) groups is 2. The van der Waals surface area contributed by atoms with E-state index in [4.69, 9.17) is 4.74 Å². The van der Waals surface area contributed by atoms with Crippen LogP contribution in [0.25, 0.3) is 5.65 Å². The minimum Gasteiger partial charge on any atom is -0.444 e. The van der Waals surface area contributed by atoms with E-state index in [1.165, 1.54) is 23.1 Å². The van der Waals surface area contributed by atoms with Crippen molar-refractivity contribution in [1.29, 1.82) is 0 Å². The summed E-state index contributed by atoms with van der Waals surface area (Å²) in [4.78, 5) is 34.1. The zero-order valence-electron chi connectivity index (χ0n) is 22.3. The Balaban J connectivity index is 1.36.